The van der Waals surface area contributed by atoms with Gasteiger partial charge in [0.05, 0.1) is 25.2 Å². The summed E-state index contributed by atoms with van der Waals surface area (Å²) in [5, 5.41) is 23.5. The van der Waals surface area contributed by atoms with E-state index in [-0.39, 0.29) is 10.8 Å². The first-order chi connectivity index (χ1) is 22.6. The highest BCUT2D eigenvalue weighted by atomic mass is 31.2. The molecule has 0 heterocycles. The Balaban J connectivity index is 3.90. The van der Waals surface area contributed by atoms with Crippen molar-refractivity contribution in [3.05, 3.63) is 68.8 Å². The Morgan fingerprint density at radius 2 is 0.725 bits per heavy atom. The lowest BCUT2D eigenvalue weighted by atomic mass is 9.55. The van der Waals surface area contributed by atoms with Crippen molar-refractivity contribution in [3.8, 4) is 0 Å². The Bertz CT molecular complexity index is 1340. The van der Waals surface area contributed by atoms with Gasteiger partial charge in [0.15, 0.2) is 0 Å². The van der Waals surface area contributed by atoms with E-state index in [0.29, 0.717) is 11.1 Å². The van der Waals surface area contributed by atoms with Gasteiger partial charge in [-0.3, -0.25) is 4.52 Å². The normalized spacial score (nSPS) is 14.6. The maximum absolute atomic E-state index is 11.8. The van der Waals surface area contributed by atoms with E-state index in [9.17, 15) is 29.8 Å². The predicted molar refractivity (Wildman–Crippen MR) is 212 cm³/mol. The van der Waals surface area contributed by atoms with Crippen molar-refractivity contribution in [3.63, 3.8) is 0 Å². The lowest BCUT2D eigenvalue weighted by Gasteiger charge is -2.54. The third kappa shape index (κ3) is 9.81. The van der Waals surface area contributed by atoms with E-state index in [0.717, 1.165) is 33.4 Å². The Hall–Kier alpha value is -1.02. The molecular formula is C41H70O8P2. The lowest BCUT2D eigenvalue weighted by molar-refractivity contribution is -0.123. The summed E-state index contributed by atoms with van der Waals surface area (Å²) in [6.07, 6.45) is 0. The van der Waals surface area contributed by atoms with Gasteiger partial charge >= 0.3 is 17.2 Å². The summed E-state index contributed by atoms with van der Waals surface area (Å²) in [5.41, 5.74) is -0.173. The van der Waals surface area contributed by atoms with Gasteiger partial charge in [-0.1, -0.05) is 149 Å². The molecule has 0 aliphatic carbocycles. The molecule has 0 fully saturated rings. The van der Waals surface area contributed by atoms with Crippen LogP contribution in [0.2, 0.25) is 0 Å². The van der Waals surface area contributed by atoms with Crippen LogP contribution in [-0.2, 0) is 47.1 Å². The zero-order valence-electron chi connectivity index (χ0n) is 34.8. The van der Waals surface area contributed by atoms with Gasteiger partial charge in [0.2, 0.25) is 0 Å². The number of hydrogen-bond acceptors (Lipinski definition) is 8. The minimum absolute atomic E-state index is 0.276. The highest BCUT2D eigenvalue weighted by molar-refractivity contribution is 7.39. The van der Waals surface area contributed by atoms with Gasteiger partial charge in [0.25, 0.3) is 0 Å². The van der Waals surface area contributed by atoms with Crippen LogP contribution in [0.15, 0.2) is 24.3 Å². The van der Waals surface area contributed by atoms with Crippen molar-refractivity contribution in [2.24, 2.45) is 5.41 Å². The van der Waals surface area contributed by atoms with Crippen LogP contribution in [0.25, 0.3) is 0 Å². The molecule has 2 rings (SSSR count). The molecule has 0 aliphatic rings. The second-order valence-corrected chi connectivity index (χ2v) is 22.0. The Morgan fingerprint density at radius 3 is 0.902 bits per heavy atom. The second kappa shape index (κ2) is 15.3. The molecule has 0 aromatic heterocycles. The highest BCUT2D eigenvalue weighted by Crippen LogP contribution is 2.62. The fourth-order valence-electron chi connectivity index (χ4n) is 6.89. The van der Waals surface area contributed by atoms with E-state index in [4.69, 9.17) is 9.05 Å². The van der Waals surface area contributed by atoms with Crippen molar-refractivity contribution < 1.29 is 38.8 Å². The van der Waals surface area contributed by atoms with Gasteiger partial charge in [-0.2, -0.15) is 0 Å². The molecule has 0 saturated heterocycles. The number of benzene rings is 2. The monoisotopic (exact) mass is 752 g/mol. The maximum Gasteiger partial charge on any atom is 0.328 e. The SMILES string of the molecule is CC(C)(C)c1cc(C(C)(C)C)c(C(OP(O)O)(c2c(C(C)(C)C)cc(C(C)(C)C)cc2C(C)(C)C)C(CO)(CO)COP(O)O)c(C(C)(C)C)c1. The topological polar surface area (TPSA) is 140 Å². The van der Waals surface area contributed by atoms with Gasteiger partial charge in [-0.25, -0.2) is 0 Å². The average molecular weight is 753 g/mol. The van der Waals surface area contributed by atoms with Crippen molar-refractivity contribution in [1.29, 1.82) is 0 Å². The summed E-state index contributed by atoms with van der Waals surface area (Å²) in [6, 6.07) is 8.56. The van der Waals surface area contributed by atoms with Crippen molar-refractivity contribution in [2.45, 2.75) is 163 Å². The highest BCUT2D eigenvalue weighted by Gasteiger charge is 2.62. The number of aliphatic hydroxyl groups excluding tert-OH is 2. The maximum atomic E-state index is 11.8. The molecule has 2 aromatic carbocycles. The largest absolute Gasteiger partial charge is 0.395 e. The summed E-state index contributed by atoms with van der Waals surface area (Å²) in [6.45, 7) is 35.8. The average Bonchev–Trinajstić information content (AvgIpc) is 2.92. The molecule has 0 unspecified atom stereocenters. The molecular weight excluding hydrogens is 682 g/mol. The van der Waals surface area contributed by atoms with E-state index in [2.05, 4.69) is 149 Å². The number of hydrogen-bond donors (Lipinski definition) is 6. The van der Waals surface area contributed by atoms with E-state index in [1.54, 1.807) is 0 Å². The van der Waals surface area contributed by atoms with Crippen LogP contribution in [0.3, 0.4) is 0 Å². The molecule has 10 heteroatoms. The third-order valence-electron chi connectivity index (χ3n) is 9.97. The molecule has 8 nitrogen and oxygen atoms in total. The third-order valence-corrected chi connectivity index (χ3v) is 10.8. The first kappa shape index (κ1) is 46.1. The van der Waals surface area contributed by atoms with Gasteiger partial charge in [-0.15, -0.1) is 0 Å². The first-order valence-electron chi connectivity index (χ1n) is 17.9. The summed E-state index contributed by atoms with van der Waals surface area (Å²) < 4.78 is 12.4. The minimum atomic E-state index is -3.19. The molecule has 6 N–H and O–H groups in total. The van der Waals surface area contributed by atoms with Gasteiger partial charge in [0.1, 0.15) is 5.60 Å². The zero-order chi connectivity index (χ0) is 40.1. The quantitative estimate of drug-likeness (QED) is 0.132. The van der Waals surface area contributed by atoms with E-state index in [1.807, 2.05) is 0 Å². The van der Waals surface area contributed by atoms with Gasteiger partial charge in [0, 0.05) is 0 Å². The molecule has 0 saturated carbocycles. The standard InChI is InChI=1S/C41H70O8P2/c1-34(2,3)26-19-28(36(7,8)9)32(29(20-26)37(10,11)12)41(49-51(46)47,40(23-42,24-43)25-48-50(44)45)33-30(38(13,14)15)21-27(35(4,5)6)22-31(33)39(16,17)18/h19-22,42-47H,23-25H2,1-18H3. The van der Waals surface area contributed by atoms with Gasteiger partial charge < -0.3 is 34.3 Å². The predicted octanol–water partition coefficient (Wildman–Crippen LogP) is 9.14. The molecule has 0 radical (unpaired) electrons. The molecule has 51 heavy (non-hydrogen) atoms. The number of rotatable bonds is 10. The van der Waals surface area contributed by atoms with Crippen LogP contribution in [0.1, 0.15) is 169 Å². The zero-order valence-corrected chi connectivity index (χ0v) is 36.6. The van der Waals surface area contributed by atoms with Crippen LogP contribution in [-0.4, -0.2) is 49.6 Å². The smallest absolute Gasteiger partial charge is 0.328 e. The van der Waals surface area contributed by atoms with Crippen molar-refractivity contribution in [2.75, 3.05) is 19.8 Å². The van der Waals surface area contributed by atoms with Crippen LogP contribution >= 0.6 is 17.2 Å². The molecule has 2 aromatic rings. The first-order valence-corrected chi connectivity index (χ1v) is 20.2. The Kier molecular flexibility index (Phi) is 13.8. The van der Waals surface area contributed by atoms with Crippen LogP contribution in [0.4, 0.5) is 0 Å². The molecule has 0 aliphatic heterocycles. The summed E-state index contributed by atoms with van der Waals surface area (Å²) in [4.78, 5) is 42.9. The molecule has 292 valence electrons. The summed E-state index contributed by atoms with van der Waals surface area (Å²) >= 11 is 0. The van der Waals surface area contributed by atoms with Crippen LogP contribution in [0.5, 0.6) is 0 Å². The fourth-order valence-corrected chi connectivity index (χ4v) is 7.87. The Labute approximate surface area is 312 Å². The molecule has 0 spiro atoms. The van der Waals surface area contributed by atoms with E-state index < -0.39 is 69.7 Å². The van der Waals surface area contributed by atoms with E-state index >= 15 is 0 Å². The van der Waals surface area contributed by atoms with Crippen LogP contribution in [0, 0.1) is 5.41 Å². The van der Waals surface area contributed by atoms with Crippen molar-refractivity contribution in [1.82, 2.24) is 0 Å². The molecule has 0 atom stereocenters. The minimum Gasteiger partial charge on any atom is -0.395 e. The second-order valence-electron chi connectivity index (χ2n) is 20.5. The van der Waals surface area contributed by atoms with Crippen LogP contribution < -0.4 is 0 Å². The van der Waals surface area contributed by atoms with E-state index in [1.165, 1.54) is 0 Å². The summed E-state index contributed by atoms with van der Waals surface area (Å²) in [7, 11) is -6.13. The molecule has 0 bridgehead atoms. The summed E-state index contributed by atoms with van der Waals surface area (Å²) in [5.74, 6) is 0. The van der Waals surface area contributed by atoms with Gasteiger partial charge in [-0.05, 0) is 77.0 Å². The van der Waals surface area contributed by atoms with Crippen molar-refractivity contribution >= 4 is 17.2 Å². The Morgan fingerprint density at radius 1 is 0.451 bits per heavy atom. The lowest BCUT2D eigenvalue weighted by Crippen LogP contribution is -2.58. The molecule has 0 amide bonds. The number of aliphatic hydroxyl groups is 2. The fraction of sp³-hybridized carbons (Fsp3) is 0.707.